The van der Waals surface area contributed by atoms with E-state index in [1.165, 1.54) is 5.06 Å². The van der Waals surface area contributed by atoms with Gasteiger partial charge < -0.3 is 5.21 Å². The molecule has 25 heavy (non-hydrogen) atoms. The lowest BCUT2D eigenvalue weighted by Gasteiger charge is -2.22. The van der Waals surface area contributed by atoms with Crippen LogP contribution in [0.1, 0.15) is 22.7 Å². The summed E-state index contributed by atoms with van der Waals surface area (Å²) in [6.45, 7) is 0.387. The molecule has 0 aliphatic rings. The topological polar surface area (TPSA) is 23.5 Å². The van der Waals surface area contributed by atoms with E-state index in [1.807, 2.05) is 84.9 Å². The second kappa shape index (κ2) is 8.50. The van der Waals surface area contributed by atoms with Crippen molar-refractivity contribution >= 4 is 11.6 Å². The SMILES string of the molecule is ON(Cc1ccccc1)C(C#Cc1ccccc1)c1ccc(Cl)cc1. The molecule has 3 rings (SSSR count). The predicted molar refractivity (Wildman–Crippen MR) is 101 cm³/mol. The zero-order chi connectivity index (χ0) is 17.5. The molecule has 1 N–H and O–H groups in total. The van der Waals surface area contributed by atoms with Gasteiger partial charge in [-0.3, -0.25) is 0 Å². The summed E-state index contributed by atoms with van der Waals surface area (Å²) in [6.07, 6.45) is 0. The Morgan fingerprint density at radius 3 is 2.08 bits per heavy atom. The van der Waals surface area contributed by atoms with E-state index in [4.69, 9.17) is 11.6 Å². The van der Waals surface area contributed by atoms with Crippen LogP contribution in [0, 0.1) is 11.8 Å². The van der Waals surface area contributed by atoms with Crippen LogP contribution in [0.15, 0.2) is 84.9 Å². The van der Waals surface area contributed by atoms with Gasteiger partial charge in [-0.25, -0.2) is 0 Å². The van der Waals surface area contributed by atoms with Crippen LogP contribution in [0.5, 0.6) is 0 Å². The van der Waals surface area contributed by atoms with Crippen LogP contribution < -0.4 is 0 Å². The normalized spacial score (nSPS) is 11.6. The smallest absolute Gasteiger partial charge is 0.121 e. The molecular formula is C22H18ClNO. The van der Waals surface area contributed by atoms with Crippen LogP contribution in [0.2, 0.25) is 5.02 Å². The molecule has 0 aliphatic heterocycles. The molecule has 0 saturated heterocycles. The Kier molecular flexibility index (Phi) is 5.87. The molecule has 1 unspecified atom stereocenters. The number of hydrogen-bond acceptors (Lipinski definition) is 2. The van der Waals surface area contributed by atoms with Gasteiger partial charge in [0.25, 0.3) is 0 Å². The van der Waals surface area contributed by atoms with E-state index in [1.54, 1.807) is 0 Å². The molecule has 0 heterocycles. The minimum absolute atomic E-state index is 0.387. The fourth-order valence-corrected chi connectivity index (χ4v) is 2.64. The lowest BCUT2D eigenvalue weighted by molar-refractivity contribution is -0.121. The summed E-state index contributed by atoms with van der Waals surface area (Å²) < 4.78 is 0. The van der Waals surface area contributed by atoms with Crippen molar-refractivity contribution in [2.45, 2.75) is 12.6 Å². The van der Waals surface area contributed by atoms with Gasteiger partial charge >= 0.3 is 0 Å². The van der Waals surface area contributed by atoms with Crippen LogP contribution in [0.4, 0.5) is 0 Å². The first-order valence-corrected chi connectivity index (χ1v) is 8.42. The molecule has 3 aromatic carbocycles. The first-order chi connectivity index (χ1) is 12.2. The Labute approximate surface area is 153 Å². The average molecular weight is 348 g/mol. The molecule has 0 amide bonds. The second-order valence-corrected chi connectivity index (χ2v) is 6.11. The van der Waals surface area contributed by atoms with Gasteiger partial charge in [-0.05, 0) is 35.4 Å². The van der Waals surface area contributed by atoms with Crippen molar-refractivity contribution in [1.29, 1.82) is 0 Å². The number of nitrogens with zero attached hydrogens (tertiary/aromatic N) is 1. The minimum Gasteiger partial charge on any atom is -0.312 e. The fourth-order valence-electron chi connectivity index (χ4n) is 2.51. The summed E-state index contributed by atoms with van der Waals surface area (Å²) in [5.41, 5.74) is 2.83. The van der Waals surface area contributed by atoms with Crippen molar-refractivity contribution in [3.8, 4) is 11.8 Å². The highest BCUT2D eigenvalue weighted by molar-refractivity contribution is 6.30. The van der Waals surface area contributed by atoms with Crippen molar-refractivity contribution < 1.29 is 5.21 Å². The van der Waals surface area contributed by atoms with Gasteiger partial charge in [-0.15, -0.1) is 0 Å². The summed E-state index contributed by atoms with van der Waals surface area (Å²) in [7, 11) is 0. The highest BCUT2D eigenvalue weighted by Gasteiger charge is 2.17. The van der Waals surface area contributed by atoms with Crippen molar-refractivity contribution in [3.63, 3.8) is 0 Å². The van der Waals surface area contributed by atoms with Gasteiger partial charge in [0.05, 0.1) is 6.54 Å². The van der Waals surface area contributed by atoms with E-state index >= 15 is 0 Å². The van der Waals surface area contributed by atoms with Gasteiger partial charge in [0, 0.05) is 10.6 Å². The van der Waals surface area contributed by atoms with Gasteiger partial charge in [0.2, 0.25) is 0 Å². The average Bonchev–Trinajstić information content (AvgIpc) is 2.65. The molecule has 0 aromatic heterocycles. The third kappa shape index (κ3) is 4.95. The maximum absolute atomic E-state index is 10.7. The van der Waals surface area contributed by atoms with Crippen molar-refractivity contribution in [3.05, 3.63) is 107 Å². The molecule has 2 nitrogen and oxygen atoms in total. The van der Waals surface area contributed by atoms with Crippen molar-refractivity contribution in [2.75, 3.05) is 0 Å². The predicted octanol–water partition coefficient (Wildman–Crippen LogP) is 5.32. The molecular weight excluding hydrogens is 330 g/mol. The van der Waals surface area contributed by atoms with E-state index in [-0.39, 0.29) is 0 Å². The lowest BCUT2D eigenvalue weighted by Crippen LogP contribution is -2.24. The summed E-state index contributed by atoms with van der Waals surface area (Å²) in [6, 6.07) is 26.5. The fraction of sp³-hybridized carbons (Fsp3) is 0.0909. The maximum atomic E-state index is 10.7. The molecule has 0 aliphatic carbocycles. The Balaban J connectivity index is 1.88. The summed E-state index contributed by atoms with van der Waals surface area (Å²) in [4.78, 5) is 0. The van der Waals surface area contributed by atoms with Gasteiger partial charge in [-0.2, -0.15) is 5.06 Å². The van der Waals surface area contributed by atoms with E-state index < -0.39 is 6.04 Å². The number of rotatable bonds is 4. The molecule has 3 heteroatoms. The lowest BCUT2D eigenvalue weighted by atomic mass is 10.1. The quantitative estimate of drug-likeness (QED) is 0.509. The first-order valence-electron chi connectivity index (χ1n) is 8.04. The zero-order valence-corrected chi connectivity index (χ0v) is 14.4. The van der Waals surface area contributed by atoms with Gasteiger partial charge in [0.15, 0.2) is 0 Å². The number of halogens is 1. The molecule has 124 valence electrons. The van der Waals surface area contributed by atoms with Crippen molar-refractivity contribution in [1.82, 2.24) is 5.06 Å². The largest absolute Gasteiger partial charge is 0.312 e. The molecule has 0 bridgehead atoms. The standard InChI is InChI=1S/C22H18ClNO/c23-21-14-12-20(13-15-21)22(16-11-18-7-3-1-4-8-18)24(25)17-19-9-5-2-6-10-19/h1-10,12-15,22,25H,17H2. The highest BCUT2D eigenvalue weighted by Crippen LogP contribution is 2.22. The molecule has 0 saturated carbocycles. The number of hydroxylamine groups is 2. The Morgan fingerprint density at radius 1 is 0.840 bits per heavy atom. The molecule has 0 radical (unpaired) electrons. The van der Waals surface area contributed by atoms with E-state index in [0.717, 1.165) is 16.7 Å². The summed E-state index contributed by atoms with van der Waals surface area (Å²) in [5.74, 6) is 6.31. The van der Waals surface area contributed by atoms with Crippen LogP contribution >= 0.6 is 11.6 Å². The van der Waals surface area contributed by atoms with Crippen LogP contribution in [0.25, 0.3) is 0 Å². The summed E-state index contributed by atoms with van der Waals surface area (Å²) >= 11 is 5.99. The van der Waals surface area contributed by atoms with Gasteiger partial charge in [0.1, 0.15) is 6.04 Å². The van der Waals surface area contributed by atoms with E-state index in [2.05, 4.69) is 11.8 Å². The third-order valence-corrected chi connectivity index (χ3v) is 4.05. The van der Waals surface area contributed by atoms with Crippen LogP contribution in [-0.2, 0) is 6.54 Å². The maximum Gasteiger partial charge on any atom is 0.121 e. The molecule has 1 atom stereocenters. The zero-order valence-electron chi connectivity index (χ0n) is 13.6. The number of hydrogen-bond donors (Lipinski definition) is 1. The highest BCUT2D eigenvalue weighted by atomic mass is 35.5. The van der Waals surface area contributed by atoms with Crippen LogP contribution in [-0.4, -0.2) is 10.3 Å². The van der Waals surface area contributed by atoms with E-state index in [9.17, 15) is 5.21 Å². The van der Waals surface area contributed by atoms with E-state index in [0.29, 0.717) is 11.6 Å². The molecule has 0 spiro atoms. The van der Waals surface area contributed by atoms with Gasteiger partial charge in [-0.1, -0.05) is 84.1 Å². The molecule has 0 fully saturated rings. The second-order valence-electron chi connectivity index (χ2n) is 5.67. The molecule has 3 aromatic rings. The monoisotopic (exact) mass is 347 g/mol. The first kappa shape index (κ1) is 17.3. The Hall–Kier alpha value is -2.57. The minimum atomic E-state index is -0.447. The number of benzene rings is 3. The Morgan fingerprint density at radius 2 is 1.44 bits per heavy atom. The Bertz CT molecular complexity index is 851. The third-order valence-electron chi connectivity index (χ3n) is 3.80. The summed E-state index contributed by atoms with van der Waals surface area (Å²) in [5, 5.41) is 12.6. The van der Waals surface area contributed by atoms with Crippen molar-refractivity contribution in [2.24, 2.45) is 0 Å². The van der Waals surface area contributed by atoms with Crippen LogP contribution in [0.3, 0.4) is 0 Å².